The molecule has 92 valence electrons. The van der Waals surface area contributed by atoms with Crippen LogP contribution in [0, 0.1) is 17.6 Å². The molecule has 0 unspecified atom stereocenters. The van der Waals surface area contributed by atoms with Crippen molar-refractivity contribution >= 4 is 11.7 Å². The molecule has 1 saturated heterocycles. The maximum Gasteiger partial charge on any atom is 0.305 e. The summed E-state index contributed by atoms with van der Waals surface area (Å²) in [6.45, 7) is 0.903. The first kappa shape index (κ1) is 11.8. The Kier molecular flexibility index (Phi) is 3.21. The van der Waals surface area contributed by atoms with E-state index in [0.29, 0.717) is 13.1 Å². The fourth-order valence-electron chi connectivity index (χ4n) is 1.91. The van der Waals surface area contributed by atoms with Crippen molar-refractivity contribution in [1.82, 2.24) is 4.98 Å². The van der Waals surface area contributed by atoms with E-state index in [1.807, 2.05) is 0 Å². The highest BCUT2D eigenvalue weighted by Gasteiger charge is 2.32. The largest absolute Gasteiger partial charge is 0.469 e. The fourth-order valence-corrected chi connectivity index (χ4v) is 1.91. The fraction of sp³-hybridized carbons (Fsp3) is 0.455. The van der Waals surface area contributed by atoms with Crippen LogP contribution in [0.25, 0.3) is 0 Å². The van der Waals surface area contributed by atoms with Crippen LogP contribution < -0.4 is 4.90 Å². The summed E-state index contributed by atoms with van der Waals surface area (Å²) < 4.78 is 31.2. The topological polar surface area (TPSA) is 42.4 Å². The number of carbonyl (C=O) groups excluding carboxylic acids is 1. The van der Waals surface area contributed by atoms with Gasteiger partial charge in [0.05, 0.1) is 25.9 Å². The second kappa shape index (κ2) is 4.65. The van der Waals surface area contributed by atoms with Gasteiger partial charge in [-0.3, -0.25) is 9.78 Å². The highest BCUT2D eigenvalue weighted by molar-refractivity contribution is 5.70. The van der Waals surface area contributed by atoms with Gasteiger partial charge in [-0.2, -0.15) is 0 Å². The number of aromatic nitrogens is 1. The summed E-state index contributed by atoms with van der Waals surface area (Å²) >= 11 is 0. The SMILES string of the molecule is COC(=O)CC1CN(c2c(F)cncc2F)C1. The Labute approximate surface area is 97.2 Å². The summed E-state index contributed by atoms with van der Waals surface area (Å²) in [5.74, 6) is -1.57. The molecule has 0 N–H and O–H groups in total. The van der Waals surface area contributed by atoms with E-state index in [2.05, 4.69) is 9.72 Å². The number of halogens is 2. The standard InChI is InChI=1S/C11H12F2N2O2/c1-17-10(16)2-7-5-15(6-7)11-8(12)3-14-4-9(11)13/h3-4,7H,2,5-6H2,1H3. The Morgan fingerprint density at radius 3 is 2.59 bits per heavy atom. The number of hydrogen-bond acceptors (Lipinski definition) is 4. The molecule has 2 heterocycles. The lowest BCUT2D eigenvalue weighted by Gasteiger charge is -2.40. The lowest BCUT2D eigenvalue weighted by atomic mass is 9.95. The van der Waals surface area contributed by atoms with Crippen molar-refractivity contribution in [3.63, 3.8) is 0 Å². The molecule has 17 heavy (non-hydrogen) atoms. The van der Waals surface area contributed by atoms with Gasteiger partial charge in [0, 0.05) is 19.0 Å². The first-order valence-electron chi connectivity index (χ1n) is 5.22. The molecule has 0 saturated carbocycles. The number of hydrogen-bond donors (Lipinski definition) is 0. The first-order valence-corrected chi connectivity index (χ1v) is 5.22. The van der Waals surface area contributed by atoms with Crippen LogP contribution in [-0.2, 0) is 9.53 Å². The van der Waals surface area contributed by atoms with Crippen molar-refractivity contribution in [3.8, 4) is 0 Å². The molecular weight excluding hydrogens is 230 g/mol. The predicted molar refractivity (Wildman–Crippen MR) is 56.5 cm³/mol. The molecule has 1 fully saturated rings. The maximum absolute atomic E-state index is 13.3. The second-order valence-corrected chi connectivity index (χ2v) is 4.00. The van der Waals surface area contributed by atoms with Gasteiger partial charge in [-0.05, 0) is 0 Å². The summed E-state index contributed by atoms with van der Waals surface area (Å²) in [6, 6.07) is 0. The third-order valence-electron chi connectivity index (χ3n) is 2.78. The van der Waals surface area contributed by atoms with E-state index in [1.54, 1.807) is 4.90 Å². The quantitative estimate of drug-likeness (QED) is 0.750. The van der Waals surface area contributed by atoms with Gasteiger partial charge in [0.2, 0.25) is 0 Å². The van der Waals surface area contributed by atoms with Gasteiger partial charge in [-0.1, -0.05) is 0 Å². The van der Waals surface area contributed by atoms with Crippen LogP contribution in [0.4, 0.5) is 14.5 Å². The number of pyridine rings is 1. The van der Waals surface area contributed by atoms with E-state index in [9.17, 15) is 13.6 Å². The predicted octanol–water partition coefficient (Wildman–Crippen LogP) is 1.36. The van der Waals surface area contributed by atoms with E-state index < -0.39 is 11.6 Å². The lowest BCUT2D eigenvalue weighted by molar-refractivity contribution is -0.141. The van der Waals surface area contributed by atoms with Crippen molar-refractivity contribution in [3.05, 3.63) is 24.0 Å². The van der Waals surface area contributed by atoms with Gasteiger partial charge < -0.3 is 9.64 Å². The van der Waals surface area contributed by atoms with E-state index in [0.717, 1.165) is 12.4 Å². The van der Waals surface area contributed by atoms with E-state index in [-0.39, 0.29) is 24.0 Å². The Morgan fingerprint density at radius 2 is 2.06 bits per heavy atom. The molecule has 1 aromatic heterocycles. The summed E-state index contributed by atoms with van der Waals surface area (Å²) in [5, 5.41) is 0. The number of rotatable bonds is 3. The lowest BCUT2D eigenvalue weighted by Crippen LogP contribution is -2.48. The summed E-state index contributed by atoms with van der Waals surface area (Å²) in [7, 11) is 1.32. The van der Waals surface area contributed by atoms with Crippen molar-refractivity contribution in [2.24, 2.45) is 5.92 Å². The third-order valence-corrected chi connectivity index (χ3v) is 2.78. The minimum atomic E-state index is -0.679. The summed E-state index contributed by atoms with van der Waals surface area (Å²) in [5.41, 5.74) is -0.0684. The van der Waals surface area contributed by atoms with Crippen LogP contribution in [0.1, 0.15) is 6.42 Å². The number of ether oxygens (including phenoxy) is 1. The van der Waals surface area contributed by atoms with Crippen molar-refractivity contribution in [2.45, 2.75) is 6.42 Å². The van der Waals surface area contributed by atoms with Gasteiger partial charge >= 0.3 is 5.97 Å². The monoisotopic (exact) mass is 242 g/mol. The zero-order valence-electron chi connectivity index (χ0n) is 9.32. The molecule has 4 nitrogen and oxygen atoms in total. The normalized spacial score (nSPS) is 15.6. The molecule has 0 aromatic carbocycles. The van der Waals surface area contributed by atoms with Crippen LogP contribution in [-0.4, -0.2) is 31.2 Å². The number of esters is 1. The maximum atomic E-state index is 13.3. The van der Waals surface area contributed by atoms with Gasteiger partial charge in [0.15, 0.2) is 11.6 Å². The van der Waals surface area contributed by atoms with Crippen molar-refractivity contribution in [2.75, 3.05) is 25.1 Å². The van der Waals surface area contributed by atoms with Crippen LogP contribution in [0.2, 0.25) is 0 Å². The Balaban J connectivity index is 1.97. The Hall–Kier alpha value is -1.72. The van der Waals surface area contributed by atoms with Gasteiger partial charge in [0.25, 0.3) is 0 Å². The molecule has 1 aliphatic heterocycles. The third kappa shape index (κ3) is 2.35. The average molecular weight is 242 g/mol. The van der Waals surface area contributed by atoms with Crippen molar-refractivity contribution < 1.29 is 18.3 Å². The second-order valence-electron chi connectivity index (χ2n) is 4.00. The molecule has 1 aliphatic rings. The zero-order chi connectivity index (χ0) is 12.4. The molecular formula is C11H12F2N2O2. The van der Waals surface area contributed by atoms with Gasteiger partial charge in [-0.25, -0.2) is 8.78 Å². The molecule has 0 radical (unpaired) electrons. The van der Waals surface area contributed by atoms with E-state index in [1.165, 1.54) is 7.11 Å². The van der Waals surface area contributed by atoms with Crippen LogP contribution >= 0.6 is 0 Å². The Bertz CT molecular complexity index is 413. The highest BCUT2D eigenvalue weighted by Crippen LogP contribution is 2.30. The molecule has 1 aromatic rings. The Morgan fingerprint density at radius 1 is 1.47 bits per heavy atom. The van der Waals surface area contributed by atoms with Crippen LogP contribution in [0.15, 0.2) is 12.4 Å². The van der Waals surface area contributed by atoms with Gasteiger partial charge in [-0.15, -0.1) is 0 Å². The first-order chi connectivity index (χ1) is 8.11. The number of anilines is 1. The number of methoxy groups -OCH3 is 1. The smallest absolute Gasteiger partial charge is 0.305 e. The molecule has 0 bridgehead atoms. The van der Waals surface area contributed by atoms with E-state index in [4.69, 9.17) is 0 Å². The zero-order valence-corrected chi connectivity index (χ0v) is 9.32. The molecule has 0 amide bonds. The summed E-state index contributed by atoms with van der Waals surface area (Å²) in [6.07, 6.45) is 2.24. The molecule has 6 heteroatoms. The minimum absolute atomic E-state index is 0.0684. The summed E-state index contributed by atoms with van der Waals surface area (Å²) in [4.78, 5) is 16.0. The number of nitrogens with zero attached hydrogens (tertiary/aromatic N) is 2. The van der Waals surface area contributed by atoms with Gasteiger partial charge in [0.1, 0.15) is 5.69 Å². The molecule has 0 aliphatic carbocycles. The average Bonchev–Trinajstić information content (AvgIpc) is 2.24. The minimum Gasteiger partial charge on any atom is -0.469 e. The molecule has 0 spiro atoms. The van der Waals surface area contributed by atoms with Crippen LogP contribution in [0.5, 0.6) is 0 Å². The molecule has 2 rings (SSSR count). The van der Waals surface area contributed by atoms with E-state index >= 15 is 0 Å². The van der Waals surface area contributed by atoms with Crippen molar-refractivity contribution in [1.29, 1.82) is 0 Å². The highest BCUT2D eigenvalue weighted by atomic mass is 19.1. The van der Waals surface area contributed by atoms with Crippen LogP contribution in [0.3, 0.4) is 0 Å². The molecule has 0 atom stereocenters. The number of carbonyl (C=O) groups is 1.